The van der Waals surface area contributed by atoms with Crippen LogP contribution in [0.3, 0.4) is 0 Å². The number of nitrogens with two attached hydrogens (primary N) is 2. The summed E-state index contributed by atoms with van der Waals surface area (Å²) in [5.41, 5.74) is 14.2. The summed E-state index contributed by atoms with van der Waals surface area (Å²) >= 11 is 0. The standard InChI is InChI=1S/C18H17N3O3/c1-22-11-4-6-15(23-2)13(8-11)17-12-5-3-10(20)7-16(12)24-18(21)14(17)9-19/h3-8,17H,20-21H2,1-2H3/t17-/m1/s1. The maximum absolute atomic E-state index is 9.60. The van der Waals surface area contributed by atoms with Gasteiger partial charge in [0.25, 0.3) is 0 Å². The molecule has 6 heteroatoms. The quantitative estimate of drug-likeness (QED) is 0.841. The second-order valence-corrected chi connectivity index (χ2v) is 5.33. The van der Waals surface area contributed by atoms with Gasteiger partial charge in [0, 0.05) is 22.9 Å². The lowest BCUT2D eigenvalue weighted by atomic mass is 9.83. The molecular formula is C18H17N3O3. The number of nitriles is 1. The first kappa shape index (κ1) is 15.6. The average molecular weight is 323 g/mol. The number of ether oxygens (including phenoxy) is 3. The highest BCUT2D eigenvalue weighted by Crippen LogP contribution is 2.46. The summed E-state index contributed by atoms with van der Waals surface area (Å²) in [6.07, 6.45) is 0. The van der Waals surface area contributed by atoms with Crippen molar-refractivity contribution in [2.24, 2.45) is 5.73 Å². The first-order valence-corrected chi connectivity index (χ1v) is 7.28. The first-order valence-electron chi connectivity index (χ1n) is 7.28. The van der Waals surface area contributed by atoms with Gasteiger partial charge in [-0.05, 0) is 24.3 Å². The van der Waals surface area contributed by atoms with Crippen LogP contribution in [0.1, 0.15) is 17.0 Å². The summed E-state index contributed by atoms with van der Waals surface area (Å²) in [7, 11) is 3.16. The van der Waals surface area contributed by atoms with Gasteiger partial charge in [0.2, 0.25) is 5.88 Å². The molecule has 1 aliphatic heterocycles. The van der Waals surface area contributed by atoms with Crippen LogP contribution < -0.4 is 25.7 Å². The van der Waals surface area contributed by atoms with Crippen molar-refractivity contribution in [2.45, 2.75) is 5.92 Å². The van der Waals surface area contributed by atoms with E-state index in [0.717, 1.165) is 11.1 Å². The van der Waals surface area contributed by atoms with Crippen LogP contribution in [0.2, 0.25) is 0 Å². The van der Waals surface area contributed by atoms with E-state index in [2.05, 4.69) is 6.07 Å². The zero-order valence-corrected chi connectivity index (χ0v) is 13.4. The predicted molar refractivity (Wildman–Crippen MR) is 89.7 cm³/mol. The number of nitrogens with zero attached hydrogens (tertiary/aromatic N) is 1. The Labute approximate surface area is 139 Å². The maximum Gasteiger partial charge on any atom is 0.205 e. The normalized spacial score (nSPS) is 16.0. The third-order valence-electron chi connectivity index (χ3n) is 3.99. The second kappa shape index (κ2) is 6.05. The van der Waals surface area contributed by atoms with Crippen LogP contribution in [-0.4, -0.2) is 14.2 Å². The highest BCUT2D eigenvalue weighted by atomic mass is 16.5. The molecule has 1 atom stereocenters. The number of hydrogen-bond donors (Lipinski definition) is 2. The SMILES string of the molecule is COc1ccc(OC)c([C@@H]2C(C#N)=C(N)Oc3cc(N)ccc32)c1. The van der Waals surface area contributed by atoms with Gasteiger partial charge in [0.05, 0.1) is 20.1 Å². The Hall–Kier alpha value is -3.33. The Balaban J connectivity index is 2.28. The summed E-state index contributed by atoms with van der Waals surface area (Å²) in [6.45, 7) is 0. The summed E-state index contributed by atoms with van der Waals surface area (Å²) in [6, 6.07) is 12.9. The van der Waals surface area contributed by atoms with Crippen molar-refractivity contribution in [1.82, 2.24) is 0 Å². The summed E-state index contributed by atoms with van der Waals surface area (Å²) < 4.78 is 16.4. The van der Waals surface area contributed by atoms with Crippen LogP contribution in [-0.2, 0) is 0 Å². The van der Waals surface area contributed by atoms with Gasteiger partial charge in [0.15, 0.2) is 0 Å². The van der Waals surface area contributed by atoms with Crippen molar-refractivity contribution in [3.63, 3.8) is 0 Å². The predicted octanol–water partition coefficient (Wildman–Crippen LogP) is 2.50. The van der Waals surface area contributed by atoms with Crippen molar-refractivity contribution in [3.05, 3.63) is 59.0 Å². The topological polar surface area (TPSA) is 104 Å². The van der Waals surface area contributed by atoms with E-state index in [0.29, 0.717) is 28.5 Å². The molecular weight excluding hydrogens is 306 g/mol. The molecule has 1 aliphatic rings. The van der Waals surface area contributed by atoms with Gasteiger partial charge < -0.3 is 25.7 Å². The molecule has 0 unspecified atom stereocenters. The Morgan fingerprint density at radius 2 is 1.83 bits per heavy atom. The van der Waals surface area contributed by atoms with Crippen molar-refractivity contribution >= 4 is 5.69 Å². The minimum atomic E-state index is -0.426. The van der Waals surface area contributed by atoms with E-state index in [1.165, 1.54) is 0 Å². The molecule has 0 saturated carbocycles. The lowest BCUT2D eigenvalue weighted by molar-refractivity contribution is 0.383. The number of methoxy groups -OCH3 is 2. The van der Waals surface area contributed by atoms with Crippen LogP contribution in [0.5, 0.6) is 17.2 Å². The van der Waals surface area contributed by atoms with E-state index in [1.54, 1.807) is 38.5 Å². The smallest absolute Gasteiger partial charge is 0.205 e. The molecule has 0 fully saturated rings. The fourth-order valence-corrected chi connectivity index (χ4v) is 2.86. The van der Waals surface area contributed by atoms with Gasteiger partial charge in [-0.15, -0.1) is 0 Å². The number of nitrogen functional groups attached to an aromatic ring is 1. The monoisotopic (exact) mass is 323 g/mol. The molecule has 0 aliphatic carbocycles. The molecule has 0 bridgehead atoms. The maximum atomic E-state index is 9.60. The van der Waals surface area contributed by atoms with E-state index in [1.807, 2.05) is 12.1 Å². The minimum Gasteiger partial charge on any atom is -0.497 e. The molecule has 24 heavy (non-hydrogen) atoms. The van der Waals surface area contributed by atoms with Crippen LogP contribution >= 0.6 is 0 Å². The van der Waals surface area contributed by atoms with Gasteiger partial charge in [-0.3, -0.25) is 0 Å². The third kappa shape index (κ3) is 2.46. The van der Waals surface area contributed by atoms with E-state index < -0.39 is 5.92 Å². The van der Waals surface area contributed by atoms with Crippen LogP contribution in [0.25, 0.3) is 0 Å². The Kier molecular flexibility index (Phi) is 3.92. The third-order valence-corrected chi connectivity index (χ3v) is 3.99. The lowest BCUT2D eigenvalue weighted by Crippen LogP contribution is -2.21. The zero-order chi connectivity index (χ0) is 17.3. The van der Waals surface area contributed by atoms with E-state index in [9.17, 15) is 5.26 Å². The van der Waals surface area contributed by atoms with Crippen molar-refractivity contribution in [2.75, 3.05) is 20.0 Å². The van der Waals surface area contributed by atoms with Crippen LogP contribution in [0, 0.1) is 11.3 Å². The number of fused-ring (bicyclic) bond motifs is 1. The number of rotatable bonds is 3. The van der Waals surface area contributed by atoms with E-state index in [-0.39, 0.29) is 5.88 Å². The molecule has 0 amide bonds. The minimum absolute atomic E-state index is 0.0606. The highest BCUT2D eigenvalue weighted by Gasteiger charge is 2.32. The molecule has 6 nitrogen and oxygen atoms in total. The molecule has 0 radical (unpaired) electrons. The largest absolute Gasteiger partial charge is 0.497 e. The average Bonchev–Trinajstić information content (AvgIpc) is 2.59. The fourth-order valence-electron chi connectivity index (χ4n) is 2.86. The number of benzene rings is 2. The van der Waals surface area contributed by atoms with Crippen molar-refractivity contribution < 1.29 is 14.2 Å². The van der Waals surface area contributed by atoms with Crippen LogP contribution in [0.15, 0.2) is 47.9 Å². The molecule has 4 N–H and O–H groups in total. The van der Waals surface area contributed by atoms with Crippen LogP contribution in [0.4, 0.5) is 5.69 Å². The highest BCUT2D eigenvalue weighted by molar-refractivity contribution is 5.62. The molecule has 122 valence electrons. The van der Waals surface area contributed by atoms with E-state index in [4.69, 9.17) is 25.7 Å². The van der Waals surface area contributed by atoms with Crippen molar-refractivity contribution in [1.29, 1.82) is 5.26 Å². The zero-order valence-electron chi connectivity index (χ0n) is 13.4. The summed E-state index contributed by atoms with van der Waals surface area (Å²) in [5.74, 6) is 1.45. The number of allylic oxidation sites excluding steroid dienone is 1. The molecule has 1 heterocycles. The fraction of sp³-hybridized carbons (Fsp3) is 0.167. The van der Waals surface area contributed by atoms with Gasteiger partial charge in [-0.25, -0.2) is 0 Å². The molecule has 0 saturated heterocycles. The molecule has 2 aromatic rings. The Morgan fingerprint density at radius 1 is 1.04 bits per heavy atom. The molecule has 0 aromatic heterocycles. The lowest BCUT2D eigenvalue weighted by Gasteiger charge is -2.27. The Morgan fingerprint density at radius 3 is 2.50 bits per heavy atom. The Bertz CT molecular complexity index is 868. The van der Waals surface area contributed by atoms with E-state index >= 15 is 0 Å². The van der Waals surface area contributed by atoms with Gasteiger partial charge in [-0.1, -0.05) is 6.07 Å². The number of hydrogen-bond acceptors (Lipinski definition) is 6. The number of anilines is 1. The first-order chi connectivity index (χ1) is 11.6. The van der Waals surface area contributed by atoms with Gasteiger partial charge in [0.1, 0.15) is 28.9 Å². The van der Waals surface area contributed by atoms with Crippen molar-refractivity contribution in [3.8, 4) is 23.3 Å². The summed E-state index contributed by atoms with van der Waals surface area (Å²) in [5, 5.41) is 9.60. The second-order valence-electron chi connectivity index (χ2n) is 5.33. The summed E-state index contributed by atoms with van der Waals surface area (Å²) in [4.78, 5) is 0. The van der Waals surface area contributed by atoms with Gasteiger partial charge >= 0.3 is 0 Å². The van der Waals surface area contributed by atoms with Gasteiger partial charge in [-0.2, -0.15) is 5.26 Å². The molecule has 0 spiro atoms. The molecule has 2 aromatic carbocycles. The molecule has 3 rings (SSSR count).